The molecule has 0 aromatic heterocycles. The lowest BCUT2D eigenvalue weighted by atomic mass is 10.0. The van der Waals surface area contributed by atoms with E-state index in [4.69, 9.17) is 9.84 Å². The Bertz CT molecular complexity index is 727. The summed E-state index contributed by atoms with van der Waals surface area (Å²) in [7, 11) is 0. The molecule has 0 bridgehead atoms. The van der Waals surface area contributed by atoms with Crippen LogP contribution in [-0.4, -0.2) is 23.1 Å². The van der Waals surface area contributed by atoms with E-state index in [0.717, 1.165) is 57.8 Å². The van der Waals surface area contributed by atoms with Crippen LogP contribution < -0.4 is 0 Å². The van der Waals surface area contributed by atoms with Gasteiger partial charge in [-0.2, -0.15) is 0 Å². The molecule has 0 aromatic rings. The van der Waals surface area contributed by atoms with E-state index in [2.05, 4.69) is 38.2 Å². The van der Waals surface area contributed by atoms with Crippen molar-refractivity contribution < 1.29 is 19.4 Å². The smallest absolute Gasteiger partial charge is 0.306 e. The summed E-state index contributed by atoms with van der Waals surface area (Å²) in [6.45, 7) is 4.53. The van der Waals surface area contributed by atoms with Crippen LogP contribution in [0.1, 0.15) is 239 Å². The van der Waals surface area contributed by atoms with Crippen LogP contribution in [-0.2, 0) is 14.3 Å². The molecule has 0 saturated carbocycles. The molecule has 282 valence electrons. The second kappa shape index (κ2) is 39.9. The lowest BCUT2D eigenvalue weighted by Crippen LogP contribution is -2.18. The van der Waals surface area contributed by atoms with Crippen molar-refractivity contribution in [3.8, 4) is 0 Å². The van der Waals surface area contributed by atoms with Gasteiger partial charge in [0, 0.05) is 12.8 Å². The fourth-order valence-corrected chi connectivity index (χ4v) is 6.51. The summed E-state index contributed by atoms with van der Waals surface area (Å²) in [5, 5.41) is 8.73. The Labute approximate surface area is 299 Å². The molecule has 0 aliphatic carbocycles. The van der Waals surface area contributed by atoms with E-state index in [1.54, 1.807) is 0 Å². The maximum Gasteiger partial charge on any atom is 0.306 e. The minimum Gasteiger partial charge on any atom is -0.481 e. The maximum atomic E-state index is 12.7. The molecule has 0 spiro atoms. The number of esters is 1. The van der Waals surface area contributed by atoms with Gasteiger partial charge in [0.05, 0.1) is 0 Å². The van der Waals surface area contributed by atoms with Crippen molar-refractivity contribution in [2.24, 2.45) is 0 Å². The van der Waals surface area contributed by atoms with Gasteiger partial charge in [0.1, 0.15) is 6.10 Å². The van der Waals surface area contributed by atoms with Crippen LogP contribution >= 0.6 is 0 Å². The second-order valence-electron chi connectivity index (χ2n) is 14.5. The normalized spacial score (nSPS) is 12.4. The lowest BCUT2D eigenvalue weighted by molar-refractivity contribution is -0.150. The summed E-state index contributed by atoms with van der Waals surface area (Å²) in [5.74, 6) is -0.641. The topological polar surface area (TPSA) is 63.6 Å². The highest BCUT2D eigenvalue weighted by molar-refractivity contribution is 5.69. The Balaban J connectivity index is 4.00. The predicted molar refractivity (Wildman–Crippen MR) is 209 cm³/mol. The molecule has 0 saturated heterocycles. The molecule has 1 atom stereocenters. The number of hydrogen-bond acceptors (Lipinski definition) is 3. The third kappa shape index (κ3) is 38.9. The first-order chi connectivity index (χ1) is 23.6. The van der Waals surface area contributed by atoms with Crippen LogP contribution in [0.3, 0.4) is 0 Å². The van der Waals surface area contributed by atoms with Crippen LogP contribution in [0.25, 0.3) is 0 Å². The van der Waals surface area contributed by atoms with E-state index in [-0.39, 0.29) is 12.1 Å². The van der Waals surface area contributed by atoms with Gasteiger partial charge in [0.15, 0.2) is 0 Å². The zero-order valence-electron chi connectivity index (χ0n) is 32.3. The molecule has 4 nitrogen and oxygen atoms in total. The highest BCUT2D eigenvalue weighted by Gasteiger charge is 2.14. The van der Waals surface area contributed by atoms with Gasteiger partial charge >= 0.3 is 11.9 Å². The van der Waals surface area contributed by atoms with Crippen LogP contribution in [0.5, 0.6) is 0 Å². The fraction of sp³-hybridized carbons (Fsp3) is 0.864. The molecule has 0 aromatic carbocycles. The highest BCUT2D eigenvalue weighted by atomic mass is 16.5. The number of hydrogen-bond donors (Lipinski definition) is 1. The number of allylic oxidation sites excluding steroid dienone is 4. The number of ether oxygens (including phenoxy) is 1. The van der Waals surface area contributed by atoms with Gasteiger partial charge in [0.25, 0.3) is 0 Å². The summed E-state index contributed by atoms with van der Waals surface area (Å²) in [6, 6.07) is 0. The molecule has 0 heterocycles. The number of carboxylic acids is 1. The van der Waals surface area contributed by atoms with E-state index in [1.807, 2.05) is 0 Å². The minimum absolute atomic E-state index is 0.0329. The van der Waals surface area contributed by atoms with Crippen molar-refractivity contribution in [3.63, 3.8) is 0 Å². The van der Waals surface area contributed by atoms with Gasteiger partial charge in [0.2, 0.25) is 0 Å². The average molecular weight is 675 g/mol. The SMILES string of the molecule is CCCCC/C=C\C/C=C\CCCCCCCCCC(=O)OC(CCCCCCCCCC)CCCCCCCCCCCCC(=O)O. The van der Waals surface area contributed by atoms with Gasteiger partial charge < -0.3 is 9.84 Å². The first kappa shape index (κ1) is 46.4. The molecule has 4 heteroatoms. The number of carboxylic acid groups (broad SMARTS) is 1. The first-order valence-electron chi connectivity index (χ1n) is 21.3. The van der Waals surface area contributed by atoms with Crippen LogP contribution in [0.4, 0.5) is 0 Å². The molecule has 1 N–H and O–H groups in total. The molecule has 0 aliphatic rings. The summed E-state index contributed by atoms with van der Waals surface area (Å²) >= 11 is 0. The van der Waals surface area contributed by atoms with E-state index in [9.17, 15) is 9.59 Å². The molecule has 0 amide bonds. The maximum absolute atomic E-state index is 12.7. The number of carbonyl (C=O) groups excluding carboxylic acids is 1. The Hall–Kier alpha value is -1.58. The molecule has 48 heavy (non-hydrogen) atoms. The van der Waals surface area contributed by atoms with E-state index in [0.29, 0.717) is 12.8 Å². The zero-order valence-corrected chi connectivity index (χ0v) is 32.3. The quantitative estimate of drug-likeness (QED) is 0.0400. The predicted octanol–water partition coefficient (Wildman–Crippen LogP) is 14.8. The van der Waals surface area contributed by atoms with Crippen molar-refractivity contribution in [1.82, 2.24) is 0 Å². The molecule has 1 unspecified atom stereocenters. The monoisotopic (exact) mass is 675 g/mol. The van der Waals surface area contributed by atoms with Gasteiger partial charge in [-0.25, -0.2) is 0 Å². The third-order valence-electron chi connectivity index (χ3n) is 9.68. The second-order valence-corrected chi connectivity index (χ2v) is 14.5. The van der Waals surface area contributed by atoms with Crippen molar-refractivity contribution >= 4 is 11.9 Å². The van der Waals surface area contributed by atoms with Crippen molar-refractivity contribution in [2.45, 2.75) is 245 Å². The zero-order chi connectivity index (χ0) is 35.0. The van der Waals surface area contributed by atoms with Crippen molar-refractivity contribution in [1.29, 1.82) is 0 Å². The van der Waals surface area contributed by atoms with E-state index >= 15 is 0 Å². The number of rotatable bonds is 39. The number of aliphatic carboxylic acids is 1. The standard InChI is InChI=1S/C44H82O4/c1-3-5-7-9-11-13-14-15-16-17-18-19-20-25-29-33-37-41-44(47)48-42(38-34-30-26-12-10-8-6-4-2)39-35-31-27-23-21-22-24-28-32-36-40-43(45)46/h11,13,15-16,42H,3-10,12,14,17-41H2,1-2H3,(H,45,46)/b13-11-,16-15-. The Morgan fingerprint density at radius 1 is 0.458 bits per heavy atom. The molecule has 0 aliphatic heterocycles. The Morgan fingerprint density at radius 2 is 0.812 bits per heavy atom. The van der Waals surface area contributed by atoms with Gasteiger partial charge in [-0.3, -0.25) is 9.59 Å². The summed E-state index contributed by atoms with van der Waals surface area (Å²) in [5.41, 5.74) is 0. The van der Waals surface area contributed by atoms with Gasteiger partial charge in [-0.15, -0.1) is 0 Å². The lowest BCUT2D eigenvalue weighted by Gasteiger charge is -2.18. The Kier molecular flexibility index (Phi) is 38.5. The van der Waals surface area contributed by atoms with Crippen molar-refractivity contribution in [3.05, 3.63) is 24.3 Å². The summed E-state index contributed by atoms with van der Waals surface area (Å²) < 4.78 is 6.06. The molecular formula is C44H82O4. The molecule has 0 radical (unpaired) electrons. The number of unbranched alkanes of at least 4 members (excludes halogenated alkanes) is 26. The minimum atomic E-state index is -0.674. The van der Waals surface area contributed by atoms with Crippen LogP contribution in [0, 0.1) is 0 Å². The van der Waals surface area contributed by atoms with Gasteiger partial charge in [-0.05, 0) is 70.6 Å². The van der Waals surface area contributed by atoms with Crippen molar-refractivity contribution in [2.75, 3.05) is 0 Å². The molecular weight excluding hydrogens is 592 g/mol. The molecule has 0 fully saturated rings. The van der Waals surface area contributed by atoms with E-state index < -0.39 is 5.97 Å². The van der Waals surface area contributed by atoms with Crippen LogP contribution in [0.2, 0.25) is 0 Å². The fourth-order valence-electron chi connectivity index (χ4n) is 6.51. The highest BCUT2D eigenvalue weighted by Crippen LogP contribution is 2.19. The largest absolute Gasteiger partial charge is 0.481 e. The Morgan fingerprint density at radius 3 is 1.27 bits per heavy atom. The third-order valence-corrected chi connectivity index (χ3v) is 9.68. The first-order valence-corrected chi connectivity index (χ1v) is 21.3. The number of carbonyl (C=O) groups is 2. The summed E-state index contributed by atoms with van der Waals surface area (Å²) in [6.07, 6.45) is 50.7. The average Bonchev–Trinajstić information content (AvgIpc) is 3.07. The van der Waals surface area contributed by atoms with Gasteiger partial charge in [-0.1, -0.05) is 179 Å². The van der Waals surface area contributed by atoms with E-state index in [1.165, 1.54) is 154 Å². The molecule has 0 rings (SSSR count). The van der Waals surface area contributed by atoms with Crippen LogP contribution in [0.15, 0.2) is 24.3 Å². The summed E-state index contributed by atoms with van der Waals surface area (Å²) in [4.78, 5) is 23.3.